The zero-order chi connectivity index (χ0) is 19.9. The normalized spacial score (nSPS) is 24.0. The molecular weight excluding hydrogens is 358 g/mol. The average molecular weight is 383 g/mol. The molecule has 2 aliphatic rings. The van der Waals surface area contributed by atoms with E-state index in [1.54, 1.807) is 30.6 Å². The minimum Gasteiger partial charge on any atom is -0.367 e. The summed E-state index contributed by atoms with van der Waals surface area (Å²) in [6.45, 7) is 3.20. The van der Waals surface area contributed by atoms with Gasteiger partial charge in [0, 0.05) is 62.5 Å². The molecule has 4 heterocycles. The van der Waals surface area contributed by atoms with Crippen LogP contribution in [0.1, 0.15) is 20.8 Å². The molecule has 2 saturated heterocycles. The quantitative estimate of drug-likeness (QED) is 0.803. The molecule has 8 nitrogen and oxygen atoms in total. The summed E-state index contributed by atoms with van der Waals surface area (Å²) in [5.41, 5.74) is 0.527. The van der Waals surface area contributed by atoms with E-state index in [0.717, 1.165) is 6.54 Å². The maximum absolute atomic E-state index is 12.9. The number of nitrogens with one attached hydrogen (secondary N) is 2. The standard InChI is InChI=1S/C20H25N5O3/c1-23(2)11-20-12-24(18(27)14-6-7-21-8-14)9-15(20)10-25(13-20)19(28)16-4-3-5-17(26)22-16/h3-8,15,21H,9-13H2,1-2H3,(H,22,26)/t15-,20+/m1/s1. The van der Waals surface area contributed by atoms with Gasteiger partial charge in [-0.25, -0.2) is 0 Å². The van der Waals surface area contributed by atoms with Gasteiger partial charge in [-0.3, -0.25) is 14.4 Å². The monoisotopic (exact) mass is 383 g/mol. The Labute approximate surface area is 163 Å². The van der Waals surface area contributed by atoms with Gasteiger partial charge in [0.25, 0.3) is 11.8 Å². The van der Waals surface area contributed by atoms with Gasteiger partial charge in [-0.05, 0) is 26.2 Å². The largest absolute Gasteiger partial charge is 0.367 e. The number of hydrogen-bond donors (Lipinski definition) is 2. The molecule has 2 N–H and O–H groups in total. The van der Waals surface area contributed by atoms with E-state index >= 15 is 0 Å². The van der Waals surface area contributed by atoms with E-state index in [0.29, 0.717) is 37.4 Å². The predicted molar refractivity (Wildman–Crippen MR) is 104 cm³/mol. The molecule has 2 aromatic rings. The lowest BCUT2D eigenvalue weighted by Crippen LogP contribution is -2.44. The number of nitrogens with zero attached hydrogens (tertiary/aromatic N) is 3. The van der Waals surface area contributed by atoms with Gasteiger partial charge in [0.1, 0.15) is 5.69 Å². The van der Waals surface area contributed by atoms with Crippen molar-refractivity contribution in [2.75, 3.05) is 46.8 Å². The number of aromatic amines is 2. The fourth-order valence-corrected chi connectivity index (χ4v) is 4.73. The molecular formula is C20H25N5O3. The van der Waals surface area contributed by atoms with E-state index in [1.807, 2.05) is 23.9 Å². The van der Waals surface area contributed by atoms with Crippen molar-refractivity contribution in [3.63, 3.8) is 0 Å². The Hall–Kier alpha value is -2.87. The zero-order valence-electron chi connectivity index (χ0n) is 16.1. The molecule has 28 heavy (non-hydrogen) atoms. The number of H-pyrrole nitrogens is 2. The number of hydrogen-bond acceptors (Lipinski definition) is 4. The van der Waals surface area contributed by atoms with Crippen LogP contribution in [-0.4, -0.2) is 83.3 Å². The molecule has 0 saturated carbocycles. The molecule has 2 aromatic heterocycles. The Kier molecular flexibility index (Phi) is 4.58. The Balaban J connectivity index is 1.55. The van der Waals surface area contributed by atoms with Crippen LogP contribution in [0.25, 0.3) is 0 Å². The minimum absolute atomic E-state index is 0.0269. The fourth-order valence-electron chi connectivity index (χ4n) is 4.73. The molecule has 4 rings (SSSR count). The summed E-state index contributed by atoms with van der Waals surface area (Å²) in [6.07, 6.45) is 3.47. The first kappa shape index (κ1) is 18.5. The highest BCUT2D eigenvalue weighted by atomic mass is 16.2. The Morgan fingerprint density at radius 2 is 1.86 bits per heavy atom. The number of rotatable bonds is 4. The van der Waals surface area contributed by atoms with Gasteiger partial charge >= 0.3 is 0 Å². The van der Waals surface area contributed by atoms with E-state index in [2.05, 4.69) is 14.9 Å². The summed E-state index contributed by atoms with van der Waals surface area (Å²) in [5, 5.41) is 0. The topological polar surface area (TPSA) is 92.5 Å². The van der Waals surface area contributed by atoms with Crippen LogP contribution >= 0.6 is 0 Å². The van der Waals surface area contributed by atoms with Gasteiger partial charge in [-0.2, -0.15) is 0 Å². The molecule has 148 valence electrons. The maximum atomic E-state index is 12.9. The summed E-state index contributed by atoms with van der Waals surface area (Å²) in [6, 6.07) is 6.41. The number of fused-ring (bicyclic) bond motifs is 1. The number of carbonyl (C=O) groups excluding carboxylic acids is 2. The first-order valence-electron chi connectivity index (χ1n) is 9.43. The third-order valence-electron chi connectivity index (χ3n) is 5.81. The van der Waals surface area contributed by atoms with Crippen LogP contribution in [0, 0.1) is 11.3 Å². The summed E-state index contributed by atoms with van der Waals surface area (Å²) < 4.78 is 0. The molecule has 2 atom stereocenters. The molecule has 0 unspecified atom stereocenters. The van der Waals surface area contributed by atoms with Gasteiger partial charge in [-0.1, -0.05) is 6.07 Å². The van der Waals surface area contributed by atoms with Crippen molar-refractivity contribution in [1.82, 2.24) is 24.7 Å². The van der Waals surface area contributed by atoms with Crippen molar-refractivity contribution in [3.05, 3.63) is 58.3 Å². The third-order valence-corrected chi connectivity index (χ3v) is 5.81. The Bertz CT molecular complexity index is 935. The SMILES string of the molecule is CN(C)C[C@@]12CN(C(=O)c3cc[nH]c3)C[C@@H]1CN(C(=O)c1cccc(=O)[nH]1)C2. The van der Waals surface area contributed by atoms with E-state index < -0.39 is 0 Å². The van der Waals surface area contributed by atoms with Crippen LogP contribution in [0.4, 0.5) is 0 Å². The van der Waals surface area contributed by atoms with Gasteiger partial charge < -0.3 is 24.7 Å². The lowest BCUT2D eigenvalue weighted by molar-refractivity contribution is 0.0698. The van der Waals surface area contributed by atoms with Crippen LogP contribution in [0.5, 0.6) is 0 Å². The van der Waals surface area contributed by atoms with Gasteiger partial charge in [0.2, 0.25) is 5.56 Å². The Morgan fingerprint density at radius 1 is 1.14 bits per heavy atom. The highest BCUT2D eigenvalue weighted by Crippen LogP contribution is 2.43. The molecule has 8 heteroatoms. The van der Waals surface area contributed by atoms with E-state index in [-0.39, 0.29) is 28.7 Å². The van der Waals surface area contributed by atoms with Gasteiger partial charge in [0.15, 0.2) is 0 Å². The van der Waals surface area contributed by atoms with Crippen molar-refractivity contribution in [2.45, 2.75) is 0 Å². The summed E-state index contributed by atoms with van der Waals surface area (Å²) in [4.78, 5) is 48.7. The number of aromatic nitrogens is 2. The minimum atomic E-state index is -0.281. The number of likely N-dealkylation sites (tertiary alicyclic amines) is 2. The first-order chi connectivity index (χ1) is 13.4. The second-order valence-corrected chi connectivity index (χ2v) is 8.20. The number of amides is 2. The smallest absolute Gasteiger partial charge is 0.270 e. The number of pyridine rings is 1. The Morgan fingerprint density at radius 3 is 2.46 bits per heavy atom. The molecule has 2 aliphatic heterocycles. The van der Waals surface area contributed by atoms with Gasteiger partial charge in [-0.15, -0.1) is 0 Å². The van der Waals surface area contributed by atoms with Crippen LogP contribution in [0.2, 0.25) is 0 Å². The molecule has 0 aromatic carbocycles. The highest BCUT2D eigenvalue weighted by molar-refractivity contribution is 5.94. The van der Waals surface area contributed by atoms with E-state index in [4.69, 9.17) is 0 Å². The van der Waals surface area contributed by atoms with E-state index in [1.165, 1.54) is 6.07 Å². The van der Waals surface area contributed by atoms with Crippen LogP contribution in [-0.2, 0) is 0 Å². The molecule has 0 aliphatic carbocycles. The van der Waals surface area contributed by atoms with Gasteiger partial charge in [0.05, 0.1) is 5.56 Å². The lowest BCUT2D eigenvalue weighted by atomic mass is 9.80. The molecule has 0 bridgehead atoms. The molecule has 2 amide bonds. The first-order valence-corrected chi connectivity index (χ1v) is 9.43. The van der Waals surface area contributed by atoms with Crippen molar-refractivity contribution >= 4 is 11.8 Å². The average Bonchev–Trinajstić information content (AvgIpc) is 3.34. The van der Waals surface area contributed by atoms with Crippen molar-refractivity contribution in [3.8, 4) is 0 Å². The second kappa shape index (κ2) is 6.94. The zero-order valence-corrected chi connectivity index (χ0v) is 16.1. The van der Waals surface area contributed by atoms with Crippen molar-refractivity contribution < 1.29 is 9.59 Å². The van der Waals surface area contributed by atoms with E-state index in [9.17, 15) is 14.4 Å². The molecule has 0 spiro atoms. The molecule has 0 radical (unpaired) electrons. The second-order valence-electron chi connectivity index (χ2n) is 8.20. The summed E-state index contributed by atoms with van der Waals surface area (Å²) in [5.74, 6) is 0.0740. The highest BCUT2D eigenvalue weighted by Gasteiger charge is 2.54. The fraction of sp³-hybridized carbons (Fsp3) is 0.450. The van der Waals surface area contributed by atoms with Crippen molar-refractivity contribution in [2.24, 2.45) is 11.3 Å². The third kappa shape index (κ3) is 3.24. The predicted octanol–water partition coefficient (Wildman–Crippen LogP) is 0.479. The van der Waals surface area contributed by atoms with Crippen LogP contribution < -0.4 is 5.56 Å². The number of carbonyl (C=O) groups is 2. The summed E-state index contributed by atoms with van der Waals surface area (Å²) in [7, 11) is 4.03. The summed E-state index contributed by atoms with van der Waals surface area (Å²) >= 11 is 0. The molecule has 2 fully saturated rings. The lowest BCUT2D eigenvalue weighted by Gasteiger charge is -2.32. The van der Waals surface area contributed by atoms with Crippen LogP contribution in [0.3, 0.4) is 0 Å². The van der Waals surface area contributed by atoms with Crippen LogP contribution in [0.15, 0.2) is 41.5 Å². The maximum Gasteiger partial charge on any atom is 0.270 e. The van der Waals surface area contributed by atoms with Crippen molar-refractivity contribution in [1.29, 1.82) is 0 Å².